The molecule has 0 spiro atoms. The molecule has 1 fully saturated rings. The topological polar surface area (TPSA) is 71.4 Å². The van der Waals surface area contributed by atoms with Crippen molar-refractivity contribution in [3.05, 3.63) is 35.9 Å². The van der Waals surface area contributed by atoms with Gasteiger partial charge in [0.15, 0.2) is 5.16 Å². The van der Waals surface area contributed by atoms with E-state index >= 15 is 0 Å². The molecule has 0 radical (unpaired) electrons. The standard InChI is InChI=1S/C16H20N6S/c1-22-15(12-3-2-7-17-9-12)20-21-16(22)23-10-13-5-4-11-6-8-18-14(11)19-13/h4-6,8,12,17H,2-3,7,9-10H2,1H3,(H,18,19)/t12-/m1/s1. The molecule has 3 aromatic heterocycles. The average Bonchev–Trinajstić information content (AvgIpc) is 3.20. The zero-order valence-electron chi connectivity index (χ0n) is 13.1. The number of aromatic nitrogens is 5. The Bertz CT molecular complexity index is 802. The fraction of sp³-hybridized carbons (Fsp3) is 0.438. The molecule has 1 atom stereocenters. The lowest BCUT2D eigenvalue weighted by atomic mass is 9.99. The first-order chi connectivity index (χ1) is 11.3. The largest absolute Gasteiger partial charge is 0.346 e. The highest BCUT2D eigenvalue weighted by Gasteiger charge is 2.21. The number of pyridine rings is 1. The molecule has 0 aliphatic carbocycles. The summed E-state index contributed by atoms with van der Waals surface area (Å²) in [4.78, 5) is 7.79. The second-order valence-corrected chi connectivity index (χ2v) is 6.89. The Balaban J connectivity index is 1.47. The van der Waals surface area contributed by atoms with Crippen LogP contribution in [0.4, 0.5) is 0 Å². The number of nitrogens with zero attached hydrogens (tertiary/aromatic N) is 4. The van der Waals surface area contributed by atoms with Crippen LogP contribution in [0.5, 0.6) is 0 Å². The number of fused-ring (bicyclic) bond motifs is 1. The van der Waals surface area contributed by atoms with Crippen LogP contribution in [0.3, 0.4) is 0 Å². The molecule has 0 saturated carbocycles. The Morgan fingerprint density at radius 1 is 1.30 bits per heavy atom. The summed E-state index contributed by atoms with van der Waals surface area (Å²) in [6.07, 6.45) is 4.32. The van der Waals surface area contributed by atoms with E-state index in [0.717, 1.165) is 46.6 Å². The first kappa shape index (κ1) is 14.7. The van der Waals surface area contributed by atoms with Gasteiger partial charge in [0.25, 0.3) is 0 Å². The van der Waals surface area contributed by atoms with Crippen molar-refractivity contribution in [2.75, 3.05) is 13.1 Å². The molecule has 6 nitrogen and oxygen atoms in total. The maximum atomic E-state index is 4.63. The smallest absolute Gasteiger partial charge is 0.191 e. The van der Waals surface area contributed by atoms with E-state index in [1.807, 2.05) is 12.3 Å². The van der Waals surface area contributed by atoms with Crippen molar-refractivity contribution in [3.63, 3.8) is 0 Å². The maximum Gasteiger partial charge on any atom is 0.191 e. The number of H-pyrrole nitrogens is 1. The molecule has 0 bridgehead atoms. The predicted molar refractivity (Wildman–Crippen MR) is 91.5 cm³/mol. The molecule has 0 unspecified atom stereocenters. The van der Waals surface area contributed by atoms with Gasteiger partial charge in [0.1, 0.15) is 11.5 Å². The van der Waals surface area contributed by atoms with Gasteiger partial charge in [0, 0.05) is 36.8 Å². The van der Waals surface area contributed by atoms with E-state index in [9.17, 15) is 0 Å². The summed E-state index contributed by atoms with van der Waals surface area (Å²) in [5, 5.41) is 14.3. The summed E-state index contributed by atoms with van der Waals surface area (Å²) in [7, 11) is 2.06. The Morgan fingerprint density at radius 2 is 2.26 bits per heavy atom. The van der Waals surface area contributed by atoms with Gasteiger partial charge in [-0.3, -0.25) is 0 Å². The second kappa shape index (κ2) is 6.33. The van der Waals surface area contributed by atoms with Crippen molar-refractivity contribution in [1.29, 1.82) is 0 Å². The van der Waals surface area contributed by atoms with E-state index in [2.05, 4.69) is 49.2 Å². The molecule has 1 saturated heterocycles. The van der Waals surface area contributed by atoms with Crippen molar-refractivity contribution in [3.8, 4) is 0 Å². The summed E-state index contributed by atoms with van der Waals surface area (Å²) < 4.78 is 2.13. The van der Waals surface area contributed by atoms with Gasteiger partial charge in [-0.25, -0.2) is 4.98 Å². The molecule has 0 aromatic carbocycles. The predicted octanol–water partition coefficient (Wildman–Crippen LogP) is 2.45. The van der Waals surface area contributed by atoms with Crippen LogP contribution in [-0.4, -0.2) is 37.8 Å². The van der Waals surface area contributed by atoms with Crippen molar-refractivity contribution in [2.45, 2.75) is 29.7 Å². The zero-order chi connectivity index (χ0) is 15.6. The molecule has 1 aliphatic heterocycles. The lowest BCUT2D eigenvalue weighted by molar-refractivity contribution is 0.436. The van der Waals surface area contributed by atoms with Gasteiger partial charge >= 0.3 is 0 Å². The van der Waals surface area contributed by atoms with Crippen molar-refractivity contribution in [2.24, 2.45) is 7.05 Å². The van der Waals surface area contributed by atoms with E-state index in [4.69, 9.17) is 0 Å². The number of rotatable bonds is 4. The van der Waals surface area contributed by atoms with Gasteiger partial charge in [0.2, 0.25) is 0 Å². The highest BCUT2D eigenvalue weighted by atomic mass is 32.2. The highest BCUT2D eigenvalue weighted by Crippen LogP contribution is 2.26. The van der Waals surface area contributed by atoms with Gasteiger partial charge in [-0.1, -0.05) is 11.8 Å². The van der Waals surface area contributed by atoms with Crippen molar-refractivity contribution >= 4 is 22.8 Å². The molecule has 4 heterocycles. The number of hydrogen-bond acceptors (Lipinski definition) is 5. The monoisotopic (exact) mass is 328 g/mol. The van der Waals surface area contributed by atoms with Gasteiger partial charge in [-0.05, 0) is 37.6 Å². The summed E-state index contributed by atoms with van der Waals surface area (Å²) in [6, 6.07) is 6.21. The third kappa shape index (κ3) is 2.98. The van der Waals surface area contributed by atoms with Crippen LogP contribution < -0.4 is 5.32 Å². The molecule has 120 valence electrons. The number of piperidine rings is 1. The highest BCUT2D eigenvalue weighted by molar-refractivity contribution is 7.98. The van der Waals surface area contributed by atoms with Gasteiger partial charge < -0.3 is 14.9 Å². The van der Waals surface area contributed by atoms with Crippen LogP contribution in [0.25, 0.3) is 11.0 Å². The van der Waals surface area contributed by atoms with E-state index in [1.165, 1.54) is 12.8 Å². The zero-order valence-corrected chi connectivity index (χ0v) is 13.9. The van der Waals surface area contributed by atoms with Crippen molar-refractivity contribution < 1.29 is 0 Å². The summed E-state index contributed by atoms with van der Waals surface area (Å²) in [6.45, 7) is 2.12. The van der Waals surface area contributed by atoms with Crippen molar-refractivity contribution in [1.82, 2.24) is 30.0 Å². The lowest BCUT2D eigenvalue weighted by Crippen LogP contribution is -2.29. The first-order valence-electron chi connectivity index (χ1n) is 7.97. The fourth-order valence-electron chi connectivity index (χ4n) is 3.07. The maximum absolute atomic E-state index is 4.63. The minimum Gasteiger partial charge on any atom is -0.346 e. The van der Waals surface area contributed by atoms with Gasteiger partial charge in [0.05, 0.1) is 5.69 Å². The normalized spacial score (nSPS) is 18.6. The van der Waals surface area contributed by atoms with E-state index < -0.39 is 0 Å². The van der Waals surface area contributed by atoms with Gasteiger partial charge in [-0.15, -0.1) is 10.2 Å². The van der Waals surface area contributed by atoms with Crippen LogP contribution in [-0.2, 0) is 12.8 Å². The number of thioether (sulfide) groups is 1. The summed E-state index contributed by atoms with van der Waals surface area (Å²) >= 11 is 1.69. The SMILES string of the molecule is Cn1c(SCc2ccc3cc[nH]c3n2)nnc1[C@@H]1CCCNC1. The van der Waals surface area contributed by atoms with E-state index in [1.54, 1.807) is 11.8 Å². The van der Waals surface area contributed by atoms with Crippen LogP contribution in [0.15, 0.2) is 29.6 Å². The molecule has 2 N–H and O–H groups in total. The molecular weight excluding hydrogens is 308 g/mol. The molecular formula is C16H20N6S. The first-order valence-corrected chi connectivity index (χ1v) is 8.95. The quantitative estimate of drug-likeness (QED) is 0.720. The van der Waals surface area contributed by atoms with Crippen LogP contribution >= 0.6 is 11.8 Å². The fourth-order valence-corrected chi connectivity index (χ4v) is 3.89. The average molecular weight is 328 g/mol. The van der Waals surface area contributed by atoms with Crippen LogP contribution in [0, 0.1) is 0 Å². The van der Waals surface area contributed by atoms with Crippen LogP contribution in [0.1, 0.15) is 30.3 Å². The minimum atomic E-state index is 0.476. The second-order valence-electron chi connectivity index (χ2n) is 5.95. The van der Waals surface area contributed by atoms with E-state index in [-0.39, 0.29) is 0 Å². The molecule has 4 rings (SSSR count). The molecule has 23 heavy (non-hydrogen) atoms. The molecule has 3 aromatic rings. The van der Waals surface area contributed by atoms with E-state index in [0.29, 0.717) is 5.92 Å². The number of nitrogens with one attached hydrogen (secondary N) is 2. The Labute approximate surface area is 139 Å². The Morgan fingerprint density at radius 3 is 3.13 bits per heavy atom. The van der Waals surface area contributed by atoms with Crippen LogP contribution in [0.2, 0.25) is 0 Å². The third-order valence-electron chi connectivity index (χ3n) is 4.35. The number of hydrogen-bond donors (Lipinski definition) is 2. The molecule has 7 heteroatoms. The number of aromatic amines is 1. The molecule has 0 amide bonds. The molecule has 1 aliphatic rings. The Kier molecular flexibility index (Phi) is 4.05. The van der Waals surface area contributed by atoms with Gasteiger partial charge in [-0.2, -0.15) is 0 Å². The Hall–Kier alpha value is -1.86. The summed E-state index contributed by atoms with van der Waals surface area (Å²) in [5.74, 6) is 2.36. The minimum absolute atomic E-state index is 0.476. The lowest BCUT2D eigenvalue weighted by Gasteiger charge is -2.21. The third-order valence-corrected chi connectivity index (χ3v) is 5.40. The summed E-state index contributed by atoms with van der Waals surface area (Å²) in [5.41, 5.74) is 1.99.